The minimum Gasteiger partial charge on any atom is -0.320 e. The maximum absolute atomic E-state index is 12.9. The first-order chi connectivity index (χ1) is 6.54. The van der Waals surface area contributed by atoms with Gasteiger partial charge in [0.2, 0.25) is 5.91 Å². The second kappa shape index (κ2) is 4.45. The lowest BCUT2D eigenvalue weighted by Crippen LogP contribution is -2.15. The number of alkyl halides is 1. The summed E-state index contributed by atoms with van der Waals surface area (Å²) in [5.41, 5.74) is -0.643. The van der Waals surface area contributed by atoms with Gasteiger partial charge in [-0.3, -0.25) is 4.79 Å². The molecule has 0 aliphatic rings. The Morgan fingerprint density at radius 2 is 1.79 bits per heavy atom. The third-order valence-corrected chi connectivity index (χ3v) is 1.90. The highest BCUT2D eigenvalue weighted by Gasteiger charge is 2.13. The predicted octanol–water partition coefficient (Wildman–Crippen LogP) is 2.44. The lowest BCUT2D eigenvalue weighted by atomic mass is 10.3. The largest absolute Gasteiger partial charge is 0.320 e. The van der Waals surface area contributed by atoms with E-state index in [2.05, 4.69) is 15.9 Å². The van der Waals surface area contributed by atoms with Crippen LogP contribution in [0.5, 0.6) is 0 Å². The van der Waals surface area contributed by atoms with E-state index in [-0.39, 0.29) is 5.33 Å². The Bertz CT molecular complexity index is 347. The second-order valence-corrected chi connectivity index (χ2v) is 2.99. The molecule has 1 aromatic rings. The summed E-state index contributed by atoms with van der Waals surface area (Å²) in [6.45, 7) is 0. The van der Waals surface area contributed by atoms with Crippen molar-refractivity contribution >= 4 is 27.5 Å². The van der Waals surface area contributed by atoms with E-state index >= 15 is 0 Å². The quantitative estimate of drug-likeness (QED) is 0.820. The Labute approximate surface area is 86.2 Å². The number of hydrogen-bond donors (Lipinski definition) is 1. The van der Waals surface area contributed by atoms with Crippen LogP contribution in [0.2, 0.25) is 0 Å². The molecule has 0 radical (unpaired) electrons. The number of anilines is 1. The van der Waals surface area contributed by atoms with Crippen LogP contribution in [0.15, 0.2) is 12.1 Å². The van der Waals surface area contributed by atoms with Crippen molar-refractivity contribution in [1.29, 1.82) is 0 Å². The third-order valence-electron chi connectivity index (χ3n) is 1.39. The smallest absolute Gasteiger partial charge is 0.235 e. The minimum absolute atomic E-state index is 0.0940. The molecule has 0 aromatic heterocycles. The van der Waals surface area contributed by atoms with Gasteiger partial charge in [-0.05, 0) is 0 Å². The van der Waals surface area contributed by atoms with E-state index in [0.717, 1.165) is 0 Å². The Balaban J connectivity index is 3.02. The van der Waals surface area contributed by atoms with Gasteiger partial charge in [-0.2, -0.15) is 0 Å². The van der Waals surface area contributed by atoms with E-state index in [1.807, 2.05) is 5.32 Å². The van der Waals surface area contributed by atoms with Crippen molar-refractivity contribution in [2.24, 2.45) is 0 Å². The van der Waals surface area contributed by atoms with Crippen molar-refractivity contribution in [2.75, 3.05) is 10.6 Å². The molecule has 76 valence electrons. The second-order valence-electron chi connectivity index (χ2n) is 2.43. The molecule has 0 heterocycles. The highest BCUT2D eigenvalue weighted by atomic mass is 79.9. The first kappa shape index (κ1) is 11.0. The highest BCUT2D eigenvalue weighted by molar-refractivity contribution is 9.09. The van der Waals surface area contributed by atoms with Crippen LogP contribution in [-0.4, -0.2) is 11.2 Å². The van der Waals surface area contributed by atoms with Crippen LogP contribution in [0.3, 0.4) is 0 Å². The number of halogens is 4. The van der Waals surface area contributed by atoms with Gasteiger partial charge in [-0.15, -0.1) is 0 Å². The van der Waals surface area contributed by atoms with Crippen LogP contribution >= 0.6 is 15.9 Å². The molecular weight excluding hydrogens is 263 g/mol. The molecule has 2 nitrogen and oxygen atoms in total. The Morgan fingerprint density at radius 3 is 2.21 bits per heavy atom. The normalized spacial score (nSPS) is 10.0. The summed E-state index contributed by atoms with van der Waals surface area (Å²) in [6.07, 6.45) is 0. The standard InChI is InChI=1S/C8H5BrF3NO/c9-3-7(14)13-8-5(11)1-4(10)2-6(8)12/h1-2H,3H2,(H,13,14). The number of nitrogens with one attached hydrogen (secondary N) is 1. The van der Waals surface area contributed by atoms with Gasteiger partial charge in [-0.1, -0.05) is 15.9 Å². The number of benzene rings is 1. The van der Waals surface area contributed by atoms with Crippen LogP contribution in [0.4, 0.5) is 18.9 Å². The monoisotopic (exact) mass is 267 g/mol. The van der Waals surface area contributed by atoms with Crippen LogP contribution in [0.25, 0.3) is 0 Å². The Kier molecular flexibility index (Phi) is 3.51. The summed E-state index contributed by atoms with van der Waals surface area (Å²) in [6, 6.07) is 0.986. The lowest BCUT2D eigenvalue weighted by Gasteiger charge is -2.05. The fourth-order valence-corrected chi connectivity index (χ4v) is 0.975. The molecule has 14 heavy (non-hydrogen) atoms. The third kappa shape index (κ3) is 2.47. The van der Waals surface area contributed by atoms with Crippen molar-refractivity contribution in [3.63, 3.8) is 0 Å². The van der Waals surface area contributed by atoms with E-state index in [1.54, 1.807) is 0 Å². The van der Waals surface area contributed by atoms with Crippen LogP contribution < -0.4 is 5.32 Å². The first-order valence-electron chi connectivity index (χ1n) is 3.55. The molecule has 0 atom stereocenters. The highest BCUT2D eigenvalue weighted by Crippen LogP contribution is 2.19. The summed E-state index contributed by atoms with van der Waals surface area (Å²) in [5, 5.41) is 1.86. The average molecular weight is 268 g/mol. The van der Waals surface area contributed by atoms with Gasteiger partial charge in [-0.25, -0.2) is 13.2 Å². The zero-order chi connectivity index (χ0) is 10.7. The van der Waals surface area contributed by atoms with Gasteiger partial charge >= 0.3 is 0 Å². The van der Waals surface area contributed by atoms with E-state index in [9.17, 15) is 18.0 Å². The molecule has 0 saturated carbocycles. The molecule has 0 bridgehead atoms. The number of carbonyl (C=O) groups excluding carboxylic acids is 1. The molecule has 1 amide bonds. The van der Waals surface area contributed by atoms with E-state index in [1.165, 1.54) is 0 Å². The van der Waals surface area contributed by atoms with Crippen molar-refractivity contribution in [2.45, 2.75) is 0 Å². The van der Waals surface area contributed by atoms with E-state index < -0.39 is 29.0 Å². The number of rotatable bonds is 2. The fraction of sp³-hybridized carbons (Fsp3) is 0.125. The lowest BCUT2D eigenvalue weighted by molar-refractivity contribution is -0.113. The Morgan fingerprint density at radius 1 is 1.29 bits per heavy atom. The maximum Gasteiger partial charge on any atom is 0.235 e. The Hall–Kier alpha value is -1.04. The summed E-state index contributed by atoms with van der Waals surface area (Å²) < 4.78 is 38.2. The average Bonchev–Trinajstić information content (AvgIpc) is 2.10. The van der Waals surface area contributed by atoms with Crippen LogP contribution in [-0.2, 0) is 4.79 Å². The zero-order valence-corrected chi connectivity index (χ0v) is 8.37. The van der Waals surface area contributed by atoms with Crippen LogP contribution in [0, 0.1) is 17.5 Å². The topological polar surface area (TPSA) is 29.1 Å². The molecule has 0 aliphatic carbocycles. The number of hydrogen-bond acceptors (Lipinski definition) is 1. The zero-order valence-electron chi connectivity index (χ0n) is 6.78. The van der Waals surface area contributed by atoms with Gasteiger partial charge in [0.05, 0.1) is 5.33 Å². The van der Waals surface area contributed by atoms with Crippen molar-refractivity contribution < 1.29 is 18.0 Å². The van der Waals surface area contributed by atoms with Gasteiger partial charge < -0.3 is 5.32 Å². The van der Waals surface area contributed by atoms with E-state index in [0.29, 0.717) is 12.1 Å². The molecular formula is C8H5BrF3NO. The molecule has 0 unspecified atom stereocenters. The maximum atomic E-state index is 12.9. The molecule has 0 spiro atoms. The minimum atomic E-state index is -1.14. The fourth-order valence-electron chi connectivity index (χ4n) is 0.834. The summed E-state index contributed by atoms with van der Waals surface area (Å²) in [4.78, 5) is 10.8. The molecule has 1 rings (SSSR count). The van der Waals surface area contributed by atoms with Crippen molar-refractivity contribution in [3.8, 4) is 0 Å². The van der Waals surface area contributed by atoms with Gasteiger partial charge in [0.25, 0.3) is 0 Å². The summed E-state index contributed by atoms with van der Waals surface area (Å²) in [5.74, 6) is -3.93. The number of carbonyl (C=O) groups is 1. The van der Waals surface area contributed by atoms with Gasteiger partial charge in [0, 0.05) is 12.1 Å². The first-order valence-corrected chi connectivity index (χ1v) is 4.67. The molecule has 0 fully saturated rings. The van der Waals surface area contributed by atoms with Crippen molar-refractivity contribution in [3.05, 3.63) is 29.6 Å². The predicted molar refractivity (Wildman–Crippen MR) is 48.7 cm³/mol. The van der Waals surface area contributed by atoms with E-state index in [4.69, 9.17) is 0 Å². The summed E-state index contributed by atoms with van der Waals surface area (Å²) >= 11 is 2.80. The van der Waals surface area contributed by atoms with Gasteiger partial charge in [0.15, 0.2) is 11.6 Å². The summed E-state index contributed by atoms with van der Waals surface area (Å²) in [7, 11) is 0. The molecule has 1 aromatic carbocycles. The van der Waals surface area contributed by atoms with Crippen LogP contribution in [0.1, 0.15) is 0 Å². The molecule has 0 saturated heterocycles. The molecule has 6 heteroatoms. The molecule has 0 aliphatic heterocycles. The SMILES string of the molecule is O=C(CBr)Nc1c(F)cc(F)cc1F. The van der Waals surface area contributed by atoms with Crippen molar-refractivity contribution in [1.82, 2.24) is 0 Å². The number of amides is 1. The van der Waals surface area contributed by atoms with Gasteiger partial charge in [0.1, 0.15) is 11.5 Å². The molecule has 1 N–H and O–H groups in total.